The summed E-state index contributed by atoms with van der Waals surface area (Å²) in [4.78, 5) is 6.87. The summed E-state index contributed by atoms with van der Waals surface area (Å²) in [5.74, 6) is 0.449. The molecule has 2 N–H and O–H groups in total. The van der Waals surface area contributed by atoms with E-state index < -0.39 is 0 Å². The molecule has 2 aromatic heterocycles. The van der Waals surface area contributed by atoms with E-state index >= 15 is 0 Å². The molecule has 0 aliphatic rings. The number of hydrogen-bond acceptors (Lipinski definition) is 0. The second-order valence-corrected chi connectivity index (χ2v) is 6.03. The van der Waals surface area contributed by atoms with E-state index in [0.29, 0.717) is 0 Å². The number of aromatic amines is 2. The van der Waals surface area contributed by atoms with Crippen molar-refractivity contribution in [2.45, 2.75) is 11.8 Å². The summed E-state index contributed by atoms with van der Waals surface area (Å²) in [5.41, 5.74) is 5.07. The Hall–Kier alpha value is -3.00. The average molecular weight is 312 g/mol. The van der Waals surface area contributed by atoms with Crippen molar-refractivity contribution in [2.24, 2.45) is 0 Å². The zero-order valence-corrected chi connectivity index (χ0v) is 13.4. The molecule has 2 unspecified atom stereocenters. The molecule has 2 aromatic carbocycles. The highest BCUT2D eigenvalue weighted by Gasteiger charge is 2.29. The fourth-order valence-electron chi connectivity index (χ4n) is 3.50. The van der Waals surface area contributed by atoms with Gasteiger partial charge in [0.15, 0.2) is 0 Å². The smallest absolute Gasteiger partial charge is 0.0364 e. The SMILES string of the molecule is c1ccc(C(c2ccc[nH]2)C(c2ccccc2)c2ccc[nH]2)cc1. The third-order valence-electron chi connectivity index (χ3n) is 4.56. The molecule has 0 fully saturated rings. The van der Waals surface area contributed by atoms with Gasteiger partial charge >= 0.3 is 0 Å². The molecule has 0 saturated carbocycles. The van der Waals surface area contributed by atoms with Gasteiger partial charge in [-0.05, 0) is 35.4 Å². The molecule has 0 radical (unpaired) electrons. The van der Waals surface area contributed by atoms with Crippen LogP contribution in [0.3, 0.4) is 0 Å². The maximum atomic E-state index is 3.43. The van der Waals surface area contributed by atoms with Crippen LogP contribution in [0.2, 0.25) is 0 Å². The van der Waals surface area contributed by atoms with Crippen LogP contribution >= 0.6 is 0 Å². The van der Waals surface area contributed by atoms with E-state index in [1.54, 1.807) is 0 Å². The molecule has 2 atom stereocenters. The van der Waals surface area contributed by atoms with Crippen LogP contribution in [0.15, 0.2) is 97.3 Å². The second kappa shape index (κ2) is 6.63. The lowest BCUT2D eigenvalue weighted by atomic mass is 9.77. The molecule has 4 rings (SSSR count). The monoisotopic (exact) mass is 312 g/mol. The molecule has 0 saturated heterocycles. The lowest BCUT2D eigenvalue weighted by molar-refractivity contribution is 0.664. The minimum absolute atomic E-state index is 0.224. The molecule has 0 aliphatic heterocycles. The average Bonchev–Trinajstić information content (AvgIpc) is 3.35. The van der Waals surface area contributed by atoms with Crippen molar-refractivity contribution < 1.29 is 0 Å². The first kappa shape index (κ1) is 14.6. The van der Waals surface area contributed by atoms with Crippen LogP contribution < -0.4 is 0 Å². The van der Waals surface area contributed by atoms with Crippen molar-refractivity contribution in [1.82, 2.24) is 9.97 Å². The minimum atomic E-state index is 0.224. The first-order chi connectivity index (χ1) is 11.9. The first-order valence-corrected chi connectivity index (χ1v) is 8.30. The summed E-state index contributed by atoms with van der Waals surface area (Å²) < 4.78 is 0. The van der Waals surface area contributed by atoms with Gasteiger partial charge in [-0.25, -0.2) is 0 Å². The predicted octanol–water partition coefficient (Wildman–Crippen LogP) is 5.31. The van der Waals surface area contributed by atoms with Gasteiger partial charge in [0.05, 0.1) is 0 Å². The quantitative estimate of drug-likeness (QED) is 0.501. The normalized spacial score (nSPS) is 13.5. The fraction of sp³-hybridized carbons (Fsp3) is 0.0909. The van der Waals surface area contributed by atoms with Gasteiger partial charge in [0, 0.05) is 35.6 Å². The number of rotatable bonds is 5. The van der Waals surface area contributed by atoms with Crippen LogP contribution in [0.1, 0.15) is 34.4 Å². The fourth-order valence-corrected chi connectivity index (χ4v) is 3.50. The van der Waals surface area contributed by atoms with Crippen LogP contribution in [0, 0.1) is 0 Å². The standard InChI is InChI=1S/C22H20N2/c1-3-9-17(10-4-1)21(19-13-7-15-23-19)22(20-14-8-16-24-20)18-11-5-2-6-12-18/h1-16,21-24H. The summed E-state index contributed by atoms with van der Waals surface area (Å²) in [5, 5.41) is 0. The molecule has 2 heteroatoms. The summed E-state index contributed by atoms with van der Waals surface area (Å²) in [6.45, 7) is 0. The zero-order chi connectivity index (χ0) is 16.2. The van der Waals surface area contributed by atoms with Crippen LogP contribution in [-0.2, 0) is 0 Å². The predicted molar refractivity (Wildman–Crippen MR) is 98.2 cm³/mol. The van der Waals surface area contributed by atoms with Crippen LogP contribution in [0.4, 0.5) is 0 Å². The van der Waals surface area contributed by atoms with Crippen LogP contribution in [0.5, 0.6) is 0 Å². The number of nitrogens with one attached hydrogen (secondary N) is 2. The molecule has 0 bridgehead atoms. The van der Waals surface area contributed by atoms with Crippen LogP contribution in [0.25, 0.3) is 0 Å². The molecule has 24 heavy (non-hydrogen) atoms. The third-order valence-corrected chi connectivity index (χ3v) is 4.56. The summed E-state index contributed by atoms with van der Waals surface area (Å²) in [6.07, 6.45) is 4.00. The Balaban J connectivity index is 1.90. The summed E-state index contributed by atoms with van der Waals surface area (Å²) in [7, 11) is 0. The van der Waals surface area contributed by atoms with Crippen molar-refractivity contribution in [3.63, 3.8) is 0 Å². The van der Waals surface area contributed by atoms with Crippen molar-refractivity contribution in [1.29, 1.82) is 0 Å². The highest BCUT2D eigenvalue weighted by molar-refractivity contribution is 5.41. The van der Waals surface area contributed by atoms with Crippen molar-refractivity contribution >= 4 is 0 Å². The van der Waals surface area contributed by atoms with Crippen molar-refractivity contribution in [3.05, 3.63) is 120 Å². The van der Waals surface area contributed by atoms with Crippen LogP contribution in [-0.4, -0.2) is 9.97 Å². The Morgan fingerprint density at radius 1 is 0.458 bits per heavy atom. The van der Waals surface area contributed by atoms with Gasteiger partial charge in [-0.1, -0.05) is 60.7 Å². The third kappa shape index (κ3) is 2.79. The molecule has 2 heterocycles. The van der Waals surface area contributed by atoms with E-state index in [9.17, 15) is 0 Å². The first-order valence-electron chi connectivity index (χ1n) is 8.30. The van der Waals surface area contributed by atoms with Crippen molar-refractivity contribution in [3.8, 4) is 0 Å². The highest BCUT2D eigenvalue weighted by atomic mass is 14.7. The van der Waals surface area contributed by atoms with Gasteiger partial charge < -0.3 is 9.97 Å². The molecule has 118 valence electrons. The Labute approximate surface area is 142 Å². The lowest BCUT2D eigenvalue weighted by Gasteiger charge is -2.27. The maximum Gasteiger partial charge on any atom is 0.0364 e. The van der Waals surface area contributed by atoms with Gasteiger partial charge in [0.25, 0.3) is 0 Å². The van der Waals surface area contributed by atoms with E-state index in [1.165, 1.54) is 22.5 Å². The number of H-pyrrole nitrogens is 2. The molecular weight excluding hydrogens is 292 g/mol. The number of benzene rings is 2. The molecular formula is C22H20N2. The van der Waals surface area contributed by atoms with Gasteiger partial charge in [-0.2, -0.15) is 0 Å². The topological polar surface area (TPSA) is 31.6 Å². The van der Waals surface area contributed by atoms with E-state index in [4.69, 9.17) is 0 Å². The molecule has 4 aromatic rings. The second-order valence-electron chi connectivity index (χ2n) is 6.03. The Bertz CT molecular complexity index is 771. The van der Waals surface area contributed by atoms with E-state index in [-0.39, 0.29) is 11.8 Å². The lowest BCUT2D eigenvalue weighted by Crippen LogP contribution is -2.15. The van der Waals surface area contributed by atoms with E-state index in [2.05, 4.69) is 94.9 Å². The molecule has 0 amide bonds. The van der Waals surface area contributed by atoms with Gasteiger partial charge in [0.1, 0.15) is 0 Å². The van der Waals surface area contributed by atoms with Gasteiger partial charge in [-0.15, -0.1) is 0 Å². The molecule has 0 aliphatic carbocycles. The van der Waals surface area contributed by atoms with E-state index in [0.717, 1.165) is 0 Å². The minimum Gasteiger partial charge on any atom is -0.364 e. The summed E-state index contributed by atoms with van der Waals surface area (Å²) >= 11 is 0. The Morgan fingerprint density at radius 3 is 1.21 bits per heavy atom. The van der Waals surface area contributed by atoms with Gasteiger partial charge in [-0.3, -0.25) is 0 Å². The molecule has 0 spiro atoms. The number of aromatic nitrogens is 2. The van der Waals surface area contributed by atoms with Crippen molar-refractivity contribution in [2.75, 3.05) is 0 Å². The number of hydrogen-bond donors (Lipinski definition) is 2. The molecule has 2 nitrogen and oxygen atoms in total. The zero-order valence-electron chi connectivity index (χ0n) is 13.4. The highest BCUT2D eigenvalue weighted by Crippen LogP contribution is 2.41. The Kier molecular flexibility index (Phi) is 4.03. The summed E-state index contributed by atoms with van der Waals surface area (Å²) in [6, 6.07) is 29.9. The van der Waals surface area contributed by atoms with Gasteiger partial charge in [0.2, 0.25) is 0 Å². The largest absolute Gasteiger partial charge is 0.364 e. The Morgan fingerprint density at radius 2 is 0.875 bits per heavy atom. The van der Waals surface area contributed by atoms with E-state index in [1.807, 2.05) is 12.4 Å². The maximum absolute atomic E-state index is 3.43.